The molecule has 3 N–H and O–H groups in total. The first-order valence-electron chi connectivity index (χ1n) is 5.60. The molecule has 1 amide bonds. The molecule has 0 radical (unpaired) electrons. The highest BCUT2D eigenvalue weighted by molar-refractivity contribution is 7.16. The van der Waals surface area contributed by atoms with Gasteiger partial charge in [0.2, 0.25) is 11.9 Å². The molecular weight excluding hydrogens is 250 g/mol. The normalized spacial score (nSPS) is 10.6. The minimum absolute atomic E-state index is 0.0411. The molecule has 18 heavy (non-hydrogen) atoms. The molecule has 0 bridgehead atoms. The number of nitrogens with zero attached hydrogens (tertiary/aromatic N) is 3. The first-order valence-corrected chi connectivity index (χ1v) is 6.48. The molecule has 0 atom stereocenters. The Morgan fingerprint density at radius 2 is 2.33 bits per heavy atom. The Labute approximate surface area is 109 Å². The number of nitrogen functional groups attached to an aromatic ring is 1. The summed E-state index contributed by atoms with van der Waals surface area (Å²) < 4.78 is 0. The smallest absolute Gasteiger partial charge is 0.239 e. The standard InChI is InChI=1S/C11H15N5OS/c1-3-13-8(17)6-16(2)9-7-4-5-18-10(7)15-11(12)14-9/h4-5H,3,6H2,1-2H3,(H,13,17)(H2,12,14,15). The number of thiophene rings is 1. The topological polar surface area (TPSA) is 84.1 Å². The molecule has 6 nitrogen and oxygen atoms in total. The minimum Gasteiger partial charge on any atom is -0.368 e. The van der Waals surface area contributed by atoms with Gasteiger partial charge in [-0.05, 0) is 18.4 Å². The van der Waals surface area contributed by atoms with Crippen molar-refractivity contribution in [1.82, 2.24) is 15.3 Å². The number of hydrogen-bond donors (Lipinski definition) is 2. The van der Waals surface area contributed by atoms with Crippen LogP contribution in [-0.2, 0) is 4.79 Å². The van der Waals surface area contributed by atoms with Crippen LogP contribution >= 0.6 is 11.3 Å². The quantitative estimate of drug-likeness (QED) is 0.856. The third kappa shape index (κ3) is 2.51. The summed E-state index contributed by atoms with van der Waals surface area (Å²) in [6.07, 6.45) is 0. The molecule has 0 saturated heterocycles. The molecule has 96 valence electrons. The van der Waals surface area contributed by atoms with E-state index in [9.17, 15) is 4.79 Å². The lowest BCUT2D eigenvalue weighted by atomic mass is 10.3. The van der Waals surface area contributed by atoms with E-state index in [0.29, 0.717) is 12.4 Å². The van der Waals surface area contributed by atoms with E-state index in [1.165, 1.54) is 11.3 Å². The fourth-order valence-corrected chi connectivity index (χ4v) is 2.46. The van der Waals surface area contributed by atoms with Gasteiger partial charge < -0.3 is 16.0 Å². The highest BCUT2D eigenvalue weighted by Crippen LogP contribution is 2.27. The van der Waals surface area contributed by atoms with E-state index in [2.05, 4.69) is 15.3 Å². The average molecular weight is 265 g/mol. The lowest BCUT2D eigenvalue weighted by molar-refractivity contribution is -0.119. The van der Waals surface area contributed by atoms with Gasteiger partial charge in [-0.25, -0.2) is 4.98 Å². The number of carbonyl (C=O) groups is 1. The Balaban J connectivity index is 2.29. The molecule has 0 aliphatic rings. The van der Waals surface area contributed by atoms with Gasteiger partial charge in [0.25, 0.3) is 0 Å². The van der Waals surface area contributed by atoms with Crippen LogP contribution in [0.2, 0.25) is 0 Å². The first-order chi connectivity index (χ1) is 8.61. The number of likely N-dealkylation sites (N-methyl/N-ethyl adjacent to an activating group) is 2. The van der Waals surface area contributed by atoms with Gasteiger partial charge in [-0.3, -0.25) is 4.79 Å². The van der Waals surface area contributed by atoms with Crippen LogP contribution in [0.15, 0.2) is 11.4 Å². The Morgan fingerprint density at radius 1 is 1.56 bits per heavy atom. The lowest BCUT2D eigenvalue weighted by Gasteiger charge is -2.18. The van der Waals surface area contributed by atoms with E-state index < -0.39 is 0 Å². The van der Waals surface area contributed by atoms with Gasteiger partial charge in [0.05, 0.1) is 11.9 Å². The number of fused-ring (bicyclic) bond motifs is 1. The van der Waals surface area contributed by atoms with Crippen molar-refractivity contribution in [3.05, 3.63) is 11.4 Å². The molecule has 0 spiro atoms. The molecule has 2 aromatic rings. The van der Waals surface area contributed by atoms with Crippen molar-refractivity contribution in [3.63, 3.8) is 0 Å². The van der Waals surface area contributed by atoms with Gasteiger partial charge in [-0.15, -0.1) is 11.3 Å². The van der Waals surface area contributed by atoms with Crippen LogP contribution in [-0.4, -0.2) is 36.0 Å². The second kappa shape index (κ2) is 5.18. The SMILES string of the molecule is CCNC(=O)CN(C)c1nc(N)nc2sccc12. The molecule has 0 aliphatic carbocycles. The zero-order valence-corrected chi connectivity index (χ0v) is 11.1. The molecule has 2 heterocycles. The number of aromatic nitrogens is 2. The Kier molecular flexibility index (Phi) is 3.61. The number of nitrogens with two attached hydrogens (primary N) is 1. The Morgan fingerprint density at radius 3 is 3.06 bits per heavy atom. The van der Waals surface area contributed by atoms with E-state index in [4.69, 9.17) is 5.73 Å². The summed E-state index contributed by atoms with van der Waals surface area (Å²) in [5, 5.41) is 5.60. The molecule has 0 aliphatic heterocycles. The average Bonchev–Trinajstić information content (AvgIpc) is 2.75. The Bertz CT molecular complexity index is 568. The number of nitrogens with one attached hydrogen (secondary N) is 1. The van der Waals surface area contributed by atoms with Gasteiger partial charge in [0.1, 0.15) is 10.6 Å². The highest BCUT2D eigenvalue weighted by atomic mass is 32.1. The molecule has 0 aromatic carbocycles. The third-order valence-corrected chi connectivity index (χ3v) is 3.25. The molecular formula is C11H15N5OS. The van der Waals surface area contributed by atoms with Crippen LogP contribution in [0.4, 0.5) is 11.8 Å². The van der Waals surface area contributed by atoms with Crippen molar-refractivity contribution < 1.29 is 4.79 Å². The maximum Gasteiger partial charge on any atom is 0.239 e. The van der Waals surface area contributed by atoms with Crippen LogP contribution < -0.4 is 16.0 Å². The van der Waals surface area contributed by atoms with Gasteiger partial charge in [0.15, 0.2) is 0 Å². The summed E-state index contributed by atoms with van der Waals surface area (Å²) >= 11 is 1.50. The van der Waals surface area contributed by atoms with Crippen LogP contribution in [0.1, 0.15) is 6.92 Å². The number of rotatable bonds is 4. The first kappa shape index (κ1) is 12.6. The van der Waals surface area contributed by atoms with Gasteiger partial charge >= 0.3 is 0 Å². The molecule has 0 fully saturated rings. The van der Waals surface area contributed by atoms with E-state index >= 15 is 0 Å². The third-order valence-electron chi connectivity index (χ3n) is 2.44. The number of carbonyl (C=O) groups excluding carboxylic acids is 1. The molecule has 0 saturated carbocycles. The summed E-state index contributed by atoms with van der Waals surface area (Å²) in [6, 6.07) is 1.93. The number of hydrogen-bond acceptors (Lipinski definition) is 6. The van der Waals surface area contributed by atoms with E-state index in [1.54, 1.807) is 4.90 Å². The largest absolute Gasteiger partial charge is 0.368 e. The molecule has 2 rings (SSSR count). The van der Waals surface area contributed by atoms with Crippen molar-refractivity contribution in [2.24, 2.45) is 0 Å². The second-order valence-electron chi connectivity index (χ2n) is 3.85. The zero-order valence-electron chi connectivity index (χ0n) is 10.3. The lowest BCUT2D eigenvalue weighted by Crippen LogP contribution is -2.35. The van der Waals surface area contributed by atoms with Crippen LogP contribution in [0.25, 0.3) is 10.2 Å². The second-order valence-corrected chi connectivity index (χ2v) is 4.75. The molecule has 2 aromatic heterocycles. The molecule has 0 unspecified atom stereocenters. The summed E-state index contributed by atoms with van der Waals surface area (Å²) in [5.74, 6) is 0.869. The van der Waals surface area contributed by atoms with E-state index in [1.807, 2.05) is 25.4 Å². The highest BCUT2D eigenvalue weighted by Gasteiger charge is 2.13. The van der Waals surface area contributed by atoms with Crippen LogP contribution in [0.3, 0.4) is 0 Å². The van der Waals surface area contributed by atoms with E-state index in [-0.39, 0.29) is 18.4 Å². The predicted molar refractivity (Wildman–Crippen MR) is 73.8 cm³/mol. The summed E-state index contributed by atoms with van der Waals surface area (Å²) in [7, 11) is 1.81. The maximum absolute atomic E-state index is 11.6. The van der Waals surface area contributed by atoms with Crippen LogP contribution in [0.5, 0.6) is 0 Å². The van der Waals surface area contributed by atoms with Gasteiger partial charge in [-0.1, -0.05) is 0 Å². The van der Waals surface area contributed by atoms with Crippen LogP contribution in [0, 0.1) is 0 Å². The zero-order chi connectivity index (χ0) is 13.1. The van der Waals surface area contributed by atoms with Crippen molar-refractivity contribution in [1.29, 1.82) is 0 Å². The fourth-order valence-electron chi connectivity index (χ4n) is 1.69. The monoisotopic (exact) mass is 265 g/mol. The summed E-state index contributed by atoms with van der Waals surface area (Å²) in [4.78, 5) is 22.5. The van der Waals surface area contributed by atoms with Gasteiger partial charge in [-0.2, -0.15) is 4.98 Å². The number of anilines is 2. The summed E-state index contributed by atoms with van der Waals surface area (Å²) in [6.45, 7) is 2.75. The van der Waals surface area contributed by atoms with E-state index in [0.717, 1.165) is 10.2 Å². The predicted octanol–water partition coefficient (Wildman–Crippen LogP) is 0.846. The van der Waals surface area contributed by atoms with Crippen molar-refractivity contribution in [3.8, 4) is 0 Å². The Hall–Kier alpha value is -1.89. The fraction of sp³-hybridized carbons (Fsp3) is 0.364. The van der Waals surface area contributed by atoms with Crippen molar-refractivity contribution in [2.45, 2.75) is 6.92 Å². The maximum atomic E-state index is 11.6. The molecule has 7 heteroatoms. The van der Waals surface area contributed by atoms with Crippen molar-refractivity contribution >= 4 is 39.2 Å². The summed E-state index contributed by atoms with van der Waals surface area (Å²) in [5.41, 5.74) is 5.67. The van der Waals surface area contributed by atoms with Gasteiger partial charge in [0, 0.05) is 13.6 Å². The van der Waals surface area contributed by atoms with Crippen molar-refractivity contribution in [2.75, 3.05) is 30.8 Å². The minimum atomic E-state index is -0.0411. The number of amides is 1.